The summed E-state index contributed by atoms with van der Waals surface area (Å²) in [7, 11) is 4.21. The fourth-order valence-corrected chi connectivity index (χ4v) is 2.20. The fraction of sp³-hybridized carbons (Fsp3) is 0.692. The first kappa shape index (κ1) is 15.6. The van der Waals surface area contributed by atoms with Crippen molar-refractivity contribution in [2.45, 2.75) is 39.0 Å². The molecular weight excluding hydrogens is 216 g/mol. The van der Waals surface area contributed by atoms with Gasteiger partial charge in [-0.3, -0.25) is 0 Å². The second-order valence-corrected chi connectivity index (χ2v) is 5.36. The average molecular weight is 242 g/mol. The third-order valence-electron chi connectivity index (χ3n) is 2.31. The van der Waals surface area contributed by atoms with E-state index in [4.69, 9.17) is 0 Å². The van der Waals surface area contributed by atoms with Crippen molar-refractivity contribution >= 4 is 11.8 Å². The normalized spacial score (nSPS) is 16.5. The summed E-state index contributed by atoms with van der Waals surface area (Å²) in [4.78, 5) is 2.19. The number of nitrogens with zero attached hydrogens (tertiary/aromatic N) is 1. The lowest BCUT2D eigenvalue weighted by molar-refractivity contribution is 0.436. The molecule has 3 heteroatoms. The maximum Gasteiger partial charge on any atom is 0.0439 e. The third-order valence-corrected chi connectivity index (χ3v) is 3.30. The summed E-state index contributed by atoms with van der Waals surface area (Å²) in [6.07, 6.45) is 4.41. The minimum Gasteiger partial charge on any atom is -0.380 e. The topological polar surface area (TPSA) is 15.3 Å². The van der Waals surface area contributed by atoms with E-state index in [-0.39, 0.29) is 0 Å². The van der Waals surface area contributed by atoms with Crippen LogP contribution in [0.15, 0.2) is 23.3 Å². The van der Waals surface area contributed by atoms with Gasteiger partial charge in [0.2, 0.25) is 0 Å². The Morgan fingerprint density at radius 2 is 2.00 bits per heavy atom. The Kier molecular flexibility index (Phi) is 8.49. The van der Waals surface area contributed by atoms with Gasteiger partial charge >= 0.3 is 0 Å². The molecule has 0 rings (SSSR count). The zero-order chi connectivity index (χ0) is 12.6. The van der Waals surface area contributed by atoms with E-state index in [1.807, 2.05) is 11.8 Å². The highest BCUT2D eigenvalue weighted by Crippen LogP contribution is 2.17. The maximum absolute atomic E-state index is 3.45. The standard InChI is InChI=1S/C13H26N2S/c1-7-9-16-11(3)10-13(15(5)6)12(4)14-8-2/h7,9-12,14H,8H2,1-6H3/b9-7-,13-10-. The Morgan fingerprint density at radius 3 is 2.44 bits per heavy atom. The summed E-state index contributed by atoms with van der Waals surface area (Å²) in [5.41, 5.74) is 1.35. The molecule has 0 aliphatic heterocycles. The second-order valence-electron chi connectivity index (χ2n) is 4.08. The van der Waals surface area contributed by atoms with Gasteiger partial charge in [-0.1, -0.05) is 19.1 Å². The largest absolute Gasteiger partial charge is 0.380 e. The Hall–Kier alpha value is -0.410. The van der Waals surface area contributed by atoms with Crippen molar-refractivity contribution in [2.24, 2.45) is 0 Å². The SMILES string of the molecule is C/C=C\SC(C)/C=C(/C(C)NCC)N(C)C. The number of rotatable bonds is 7. The van der Waals surface area contributed by atoms with Gasteiger partial charge in [0, 0.05) is 31.1 Å². The van der Waals surface area contributed by atoms with E-state index in [1.54, 1.807) is 0 Å². The minimum atomic E-state index is 0.411. The Labute approximate surface area is 105 Å². The second kappa shape index (κ2) is 8.71. The van der Waals surface area contributed by atoms with Crippen LogP contribution in [0.2, 0.25) is 0 Å². The Bertz CT molecular complexity index is 234. The fourth-order valence-electron chi connectivity index (χ4n) is 1.57. The summed E-state index contributed by atoms with van der Waals surface area (Å²) in [6.45, 7) is 9.64. The van der Waals surface area contributed by atoms with Gasteiger partial charge in [0.1, 0.15) is 0 Å². The predicted octanol–water partition coefficient (Wildman–Crippen LogP) is 3.09. The van der Waals surface area contributed by atoms with E-state index in [2.05, 4.69) is 69.6 Å². The van der Waals surface area contributed by atoms with E-state index in [0.29, 0.717) is 11.3 Å². The van der Waals surface area contributed by atoms with Crippen molar-refractivity contribution < 1.29 is 0 Å². The smallest absolute Gasteiger partial charge is 0.0439 e. The van der Waals surface area contributed by atoms with E-state index in [1.165, 1.54) is 5.70 Å². The van der Waals surface area contributed by atoms with E-state index >= 15 is 0 Å². The zero-order valence-electron chi connectivity index (χ0n) is 11.4. The van der Waals surface area contributed by atoms with E-state index in [0.717, 1.165) is 6.54 Å². The van der Waals surface area contributed by atoms with Crippen LogP contribution in [0.5, 0.6) is 0 Å². The van der Waals surface area contributed by atoms with Crippen molar-refractivity contribution in [3.8, 4) is 0 Å². The third kappa shape index (κ3) is 6.23. The highest BCUT2D eigenvalue weighted by molar-refractivity contribution is 8.02. The van der Waals surface area contributed by atoms with Crippen molar-refractivity contribution in [2.75, 3.05) is 20.6 Å². The lowest BCUT2D eigenvalue weighted by atomic mass is 10.2. The van der Waals surface area contributed by atoms with Crippen LogP contribution in [0.4, 0.5) is 0 Å². The van der Waals surface area contributed by atoms with Crippen molar-refractivity contribution in [1.82, 2.24) is 10.2 Å². The molecule has 0 aromatic rings. The summed E-state index contributed by atoms with van der Waals surface area (Å²) < 4.78 is 0. The Morgan fingerprint density at radius 1 is 1.38 bits per heavy atom. The minimum absolute atomic E-state index is 0.411. The maximum atomic E-state index is 3.45. The highest BCUT2D eigenvalue weighted by atomic mass is 32.2. The molecule has 0 spiro atoms. The molecule has 0 aromatic carbocycles. The summed E-state index contributed by atoms with van der Waals surface area (Å²) in [5.74, 6) is 0. The summed E-state index contributed by atoms with van der Waals surface area (Å²) in [5, 5.41) is 6.11. The molecule has 2 unspecified atom stereocenters. The molecule has 0 fully saturated rings. The molecule has 0 saturated carbocycles. The molecule has 2 atom stereocenters. The first-order valence-corrected chi connectivity index (χ1v) is 6.86. The molecule has 0 radical (unpaired) electrons. The van der Waals surface area contributed by atoms with Gasteiger partial charge in [0.25, 0.3) is 0 Å². The quantitative estimate of drug-likeness (QED) is 0.738. The number of hydrogen-bond acceptors (Lipinski definition) is 3. The molecular formula is C13H26N2S. The van der Waals surface area contributed by atoms with Crippen LogP contribution in [-0.4, -0.2) is 36.8 Å². The highest BCUT2D eigenvalue weighted by Gasteiger charge is 2.10. The van der Waals surface area contributed by atoms with Crippen LogP contribution in [0.25, 0.3) is 0 Å². The molecule has 1 N–H and O–H groups in total. The van der Waals surface area contributed by atoms with Crippen molar-refractivity contribution in [3.05, 3.63) is 23.3 Å². The predicted molar refractivity (Wildman–Crippen MR) is 76.8 cm³/mol. The van der Waals surface area contributed by atoms with E-state index < -0.39 is 0 Å². The van der Waals surface area contributed by atoms with Gasteiger partial charge in [-0.05, 0) is 32.7 Å². The Balaban J connectivity index is 4.56. The molecule has 0 aromatic heterocycles. The van der Waals surface area contributed by atoms with E-state index in [9.17, 15) is 0 Å². The van der Waals surface area contributed by atoms with Gasteiger partial charge in [0.15, 0.2) is 0 Å². The van der Waals surface area contributed by atoms with Crippen molar-refractivity contribution in [1.29, 1.82) is 0 Å². The van der Waals surface area contributed by atoms with Crippen LogP contribution < -0.4 is 5.32 Å². The first-order valence-electron chi connectivity index (χ1n) is 5.91. The monoisotopic (exact) mass is 242 g/mol. The molecule has 0 bridgehead atoms. The number of nitrogens with one attached hydrogen (secondary N) is 1. The molecule has 94 valence electrons. The number of likely N-dealkylation sites (N-methyl/N-ethyl adjacent to an activating group) is 2. The first-order chi connectivity index (χ1) is 7.52. The number of allylic oxidation sites excluding steroid dienone is 1. The van der Waals surface area contributed by atoms with Gasteiger partial charge in [0.05, 0.1) is 0 Å². The van der Waals surface area contributed by atoms with Gasteiger partial charge < -0.3 is 10.2 Å². The summed E-state index contributed by atoms with van der Waals surface area (Å²) in [6, 6.07) is 0.411. The molecule has 0 saturated heterocycles. The molecule has 0 aliphatic carbocycles. The van der Waals surface area contributed by atoms with Gasteiger partial charge in [-0.25, -0.2) is 0 Å². The lowest BCUT2D eigenvalue weighted by Crippen LogP contribution is -2.34. The summed E-state index contributed by atoms with van der Waals surface area (Å²) >= 11 is 1.85. The molecule has 0 heterocycles. The lowest BCUT2D eigenvalue weighted by Gasteiger charge is -2.25. The van der Waals surface area contributed by atoms with Crippen LogP contribution in [0.3, 0.4) is 0 Å². The van der Waals surface area contributed by atoms with Crippen LogP contribution >= 0.6 is 11.8 Å². The van der Waals surface area contributed by atoms with Crippen LogP contribution in [-0.2, 0) is 0 Å². The average Bonchev–Trinajstić information content (AvgIpc) is 2.22. The number of thioether (sulfide) groups is 1. The van der Waals surface area contributed by atoms with Crippen molar-refractivity contribution in [3.63, 3.8) is 0 Å². The molecule has 16 heavy (non-hydrogen) atoms. The molecule has 0 aliphatic rings. The van der Waals surface area contributed by atoms with Crippen LogP contribution in [0.1, 0.15) is 27.7 Å². The zero-order valence-corrected chi connectivity index (χ0v) is 12.3. The van der Waals surface area contributed by atoms with Crippen LogP contribution in [0, 0.1) is 0 Å². The van der Waals surface area contributed by atoms with Gasteiger partial charge in [-0.15, -0.1) is 11.8 Å². The number of hydrogen-bond donors (Lipinski definition) is 1. The molecule has 0 amide bonds. The van der Waals surface area contributed by atoms with Gasteiger partial charge in [-0.2, -0.15) is 0 Å². The molecule has 2 nitrogen and oxygen atoms in total.